The molecule has 1 aliphatic rings. The van der Waals surface area contributed by atoms with Crippen LogP contribution in [0.25, 0.3) is 67.0 Å². The Kier molecular flexibility index (Phi) is 39.2. The molecule has 1 aliphatic heterocycles. The third-order valence-corrected chi connectivity index (χ3v) is 23.5. The summed E-state index contributed by atoms with van der Waals surface area (Å²) in [4.78, 5) is 242. The van der Waals surface area contributed by atoms with E-state index < -0.39 is 64.1 Å². The fraction of sp³-hybridized carbons (Fsp3) is 0.557. The number of aliphatic imine (C=N–C) groups is 1. The number of Topliss-reactive ketones (excluding diaryl/α,β-unsaturated/α-hetero) is 2. The van der Waals surface area contributed by atoms with Crippen LogP contribution >= 0.6 is 0 Å². The van der Waals surface area contributed by atoms with Crippen LogP contribution in [-0.2, 0) is 163 Å². The van der Waals surface area contributed by atoms with Crippen molar-refractivity contribution in [1.82, 2.24) is 121 Å². The maximum Gasteiger partial charge on any atom is 0.332 e. The maximum atomic E-state index is 12.4. The number of imidazole rings is 6. The second kappa shape index (κ2) is 49.6. The summed E-state index contributed by atoms with van der Waals surface area (Å²) in [6.07, 6.45) is 17.5. The van der Waals surface area contributed by atoms with Crippen molar-refractivity contribution in [2.45, 2.75) is 226 Å². The van der Waals surface area contributed by atoms with Crippen molar-refractivity contribution < 1.29 is 54.9 Å². The Morgan fingerprint density at radius 1 is 0.314 bits per heavy atom. The lowest BCUT2D eigenvalue weighted by molar-refractivity contribution is -0.138. The van der Waals surface area contributed by atoms with Crippen molar-refractivity contribution in [1.29, 1.82) is 0 Å². The van der Waals surface area contributed by atoms with E-state index in [1.807, 2.05) is 0 Å². The highest BCUT2D eigenvalue weighted by Gasteiger charge is 2.25. The van der Waals surface area contributed by atoms with Crippen molar-refractivity contribution in [2.75, 3.05) is 6.61 Å². The number of carbonyl (C=O) groups is 4. The number of carbonyl (C=O) groups excluding carboxylic acids is 2. The van der Waals surface area contributed by atoms with E-state index in [0.717, 1.165) is 20.1 Å². The van der Waals surface area contributed by atoms with Gasteiger partial charge < -0.3 is 72.7 Å². The van der Waals surface area contributed by atoms with E-state index in [1.54, 1.807) is 125 Å². The number of carboxylic acid groups (broad SMARTS) is 2. The molecule has 13 aromatic rings. The van der Waals surface area contributed by atoms with Crippen molar-refractivity contribution in [3.05, 3.63) is 189 Å². The average Bonchev–Trinajstić information content (AvgIpc) is 1.62. The number of aliphatic hydroxyl groups is 5. The Morgan fingerprint density at radius 3 is 0.821 bits per heavy atom. The predicted molar refractivity (Wildman–Crippen MR) is 516 cm³/mol. The highest BCUT2D eigenvalue weighted by Crippen LogP contribution is 2.19. The molecular formula is C88H125N27O25. The van der Waals surface area contributed by atoms with E-state index in [0.29, 0.717) is 201 Å². The van der Waals surface area contributed by atoms with Gasteiger partial charge in [-0.15, -0.1) is 0 Å². The minimum absolute atomic E-state index is 0.0308. The Labute approximate surface area is 794 Å². The van der Waals surface area contributed by atoms with Gasteiger partial charge in [-0.1, -0.05) is 0 Å². The van der Waals surface area contributed by atoms with Crippen molar-refractivity contribution in [3.63, 3.8) is 0 Å². The molecule has 0 saturated carbocycles. The van der Waals surface area contributed by atoms with Gasteiger partial charge in [0.1, 0.15) is 17.4 Å². The van der Waals surface area contributed by atoms with Gasteiger partial charge in [0.05, 0.1) is 74.6 Å². The number of aromatic nitrogens is 26. The van der Waals surface area contributed by atoms with Crippen LogP contribution in [0.5, 0.6) is 0 Å². The molecular weight excluding hydrogens is 1840 g/mol. The minimum atomic E-state index is -0.952. The van der Waals surface area contributed by atoms with E-state index in [9.17, 15) is 107 Å². The Bertz CT molecular complexity index is 7540. The zero-order valence-electron chi connectivity index (χ0n) is 81.7. The number of rotatable bonds is 35. The van der Waals surface area contributed by atoms with Gasteiger partial charge in [0.2, 0.25) is 0 Å². The first-order valence-corrected chi connectivity index (χ1v) is 45.3. The molecule has 0 radical (unpaired) electrons. The van der Waals surface area contributed by atoms with E-state index in [-0.39, 0.29) is 115 Å². The Morgan fingerprint density at radius 2 is 0.557 bits per heavy atom. The highest BCUT2D eigenvalue weighted by atomic mass is 16.4. The summed E-state index contributed by atoms with van der Waals surface area (Å²) < 4.78 is 27.2. The zero-order valence-corrected chi connectivity index (χ0v) is 81.7. The molecule has 0 bridgehead atoms. The summed E-state index contributed by atoms with van der Waals surface area (Å²) in [6.45, 7) is 7.82. The first kappa shape index (κ1) is 111. The number of aliphatic carboxylic acids is 2. The molecule has 0 saturated heterocycles. The molecule has 52 nitrogen and oxygen atoms in total. The summed E-state index contributed by atoms with van der Waals surface area (Å²) in [5.41, 5.74) is -0.174. The van der Waals surface area contributed by atoms with Crippen LogP contribution in [0.2, 0.25) is 0 Å². The molecule has 52 heteroatoms. The molecule has 14 rings (SSSR count). The highest BCUT2D eigenvalue weighted by molar-refractivity contribution is 5.77. The number of unbranched alkanes of at least 4 members (excludes halogenated alkanes) is 5. The topological polar surface area (TPSA) is 637 Å². The lowest BCUT2D eigenvalue weighted by atomic mass is 10.1. The minimum Gasteiger partial charge on any atom is -0.481 e. The molecule has 13 aromatic heterocycles. The molecule has 0 amide bonds. The fourth-order valence-corrected chi connectivity index (χ4v) is 15.5. The molecule has 0 aromatic carbocycles. The maximum absolute atomic E-state index is 12.4. The van der Waals surface area contributed by atoms with Crippen LogP contribution in [0, 0.1) is 0 Å². The van der Waals surface area contributed by atoms with E-state index in [1.165, 1.54) is 116 Å². The predicted octanol–water partition coefficient (Wildman–Crippen LogP) is -2.36. The number of aryl methyl sites for hydroxylation is 12. The third kappa shape index (κ3) is 26.0. The number of carboxylic acids is 2. The van der Waals surface area contributed by atoms with Crippen LogP contribution in [0.4, 0.5) is 5.82 Å². The van der Waals surface area contributed by atoms with Gasteiger partial charge in [-0.3, -0.25) is 107 Å². The lowest BCUT2D eigenvalue weighted by Crippen LogP contribution is -2.40. The first-order valence-electron chi connectivity index (χ1n) is 45.3. The smallest absolute Gasteiger partial charge is 0.332 e. The molecule has 7 N–H and O–H groups in total. The number of nitrogens with zero attached hydrogens (tertiary/aromatic N) is 27. The van der Waals surface area contributed by atoms with Gasteiger partial charge in [-0.05, 0) is 124 Å². The molecule has 0 aliphatic carbocycles. The normalized spacial score (nSPS) is 12.4. The van der Waals surface area contributed by atoms with Crippen LogP contribution in [0.15, 0.2) is 110 Å². The van der Waals surface area contributed by atoms with Gasteiger partial charge >= 0.3 is 51.8 Å². The summed E-state index contributed by atoms with van der Waals surface area (Å²) >= 11 is 0. The molecule has 14 heterocycles. The van der Waals surface area contributed by atoms with Crippen LogP contribution in [-0.4, -0.2) is 218 Å². The van der Waals surface area contributed by atoms with Crippen LogP contribution in [0.3, 0.4) is 0 Å². The lowest BCUT2D eigenvalue weighted by Gasteiger charge is -2.13. The molecule has 0 spiro atoms. The molecule has 4 atom stereocenters. The second-order valence-corrected chi connectivity index (χ2v) is 34.4. The monoisotopic (exact) mass is 1960 g/mol. The number of ketones is 2. The van der Waals surface area contributed by atoms with E-state index in [2.05, 4.69) is 34.9 Å². The van der Waals surface area contributed by atoms with Crippen LogP contribution in [0.1, 0.15) is 155 Å². The largest absolute Gasteiger partial charge is 0.481 e. The van der Waals surface area contributed by atoms with Gasteiger partial charge in [-0.25, -0.2) is 68.5 Å². The summed E-state index contributed by atoms with van der Waals surface area (Å²) in [7, 11) is 21.3. The van der Waals surface area contributed by atoms with Crippen molar-refractivity contribution in [2.24, 2.45) is 96.6 Å². The Hall–Kier alpha value is -14.7. The molecule has 762 valence electrons. The molecule has 4 unspecified atom stereocenters. The first-order chi connectivity index (χ1) is 66.1. The number of hydrogen-bond donors (Lipinski definition) is 7. The SMILES string of the molecule is CC(=O)CCCCn1c(=O)c2c(n(C)c1=O)N=CC2.CC(=O)CCCCn1c(=O)c2c(ncn2C)n(C)c1=O.CC(O)C(O)CCCn1c(=O)c2c(ncn2C)n(C)c1=O.CC(O)CCCCn1c(=O)c2c(ncn2C)n(C)c1=O.Cn1cnc2c1c(=O)n(CCCC(=O)O)c(=O)n2C.Cn1cnc2c1c(=O)n(CCCCC(=O)O)c(=O)n2C.Cn1cnc2c1c(=O)n(CCCCC(O)CO)c(=O)n2C. The average molecular weight is 1960 g/mol. The summed E-state index contributed by atoms with van der Waals surface area (Å²) in [5.74, 6) is -1.12. The van der Waals surface area contributed by atoms with Crippen molar-refractivity contribution in [3.8, 4) is 0 Å². The zero-order chi connectivity index (χ0) is 104. The standard InChI is InChI=1S/2C13H20N4O4.C13H20N4O3.C13H18N4O3.C13H17N3O3.C12H16N4O4.C11H14N4O4/c1-8(18)9(19)5-4-6-17-12(20)10-11(14-7-15(10)2)16(3)13(17)21;1-15-8-14-11-10(15)12(20)17(13(21)16(11)2)6-4-3-5-9(19)7-18;2*1-9(18)6-4-5-7-17-12(19)10-11(14-8-15(10)2)16(3)13(17)20;1-9(17)5-3-4-8-16-12(18)10-6-7-14-11(10)15(2)13(16)19;1-14-7-13-10-9(14)11(19)16(12(20)15(10)2)6-4-3-5-8(17)18;1-13-6-12-9-8(13)10(18)15(11(19)14(9)2)5-3-4-7(16)17/h7-9,18-19H,4-6H2,1-3H3;8-9,18-19H,3-7H2,1-2H3;8-9,18H,4-7H2,1-3H3;8H,4-7H2,1-3H3;7H,3-6,8H2,1-2H3;7H,3-6H2,1-2H3,(H,17,18);6H,3-5H2,1-2H3,(H,16,17). The molecule has 140 heavy (non-hydrogen) atoms. The third-order valence-electron chi connectivity index (χ3n) is 23.5. The summed E-state index contributed by atoms with van der Waals surface area (Å²) in [5, 5.41) is 63.1. The van der Waals surface area contributed by atoms with Crippen LogP contribution < -0.4 is 78.7 Å². The molecule has 0 fully saturated rings. The second-order valence-electron chi connectivity index (χ2n) is 34.4. The van der Waals surface area contributed by atoms with Crippen molar-refractivity contribution >= 4 is 103 Å². The number of aliphatic hydroxyl groups excluding tert-OH is 5. The van der Waals surface area contributed by atoms with Gasteiger partial charge in [0, 0.05) is 176 Å². The number of fused-ring (bicyclic) bond motifs is 7. The quantitative estimate of drug-likeness (QED) is 0.0204. The van der Waals surface area contributed by atoms with E-state index >= 15 is 0 Å². The van der Waals surface area contributed by atoms with Gasteiger partial charge in [0.15, 0.2) is 67.0 Å². The van der Waals surface area contributed by atoms with E-state index in [4.69, 9.17) is 15.3 Å². The van der Waals surface area contributed by atoms with Gasteiger partial charge in [-0.2, -0.15) is 0 Å². The Balaban J connectivity index is 0.000000200. The number of hydrogen-bond acceptors (Lipinski definition) is 30. The fourth-order valence-electron chi connectivity index (χ4n) is 15.5. The van der Waals surface area contributed by atoms with Gasteiger partial charge in [0.25, 0.3) is 38.9 Å². The summed E-state index contributed by atoms with van der Waals surface area (Å²) in [6, 6.07) is 0.